The molecule has 0 radical (unpaired) electrons. The van der Waals surface area contributed by atoms with Gasteiger partial charge < -0.3 is 19.5 Å². The summed E-state index contributed by atoms with van der Waals surface area (Å²) in [6.45, 7) is 1.11. The summed E-state index contributed by atoms with van der Waals surface area (Å²) in [5.74, 6) is -0.931. The molecule has 2 aliphatic heterocycles. The Morgan fingerprint density at radius 3 is 2.81 bits per heavy atom. The molecule has 6 nitrogen and oxygen atoms in total. The number of anilines is 1. The van der Waals surface area contributed by atoms with E-state index < -0.39 is 12.1 Å². The van der Waals surface area contributed by atoms with Crippen molar-refractivity contribution in [3.63, 3.8) is 0 Å². The van der Waals surface area contributed by atoms with Gasteiger partial charge >= 0.3 is 5.97 Å². The molecule has 1 amide bonds. The molecule has 1 N–H and O–H groups in total. The van der Waals surface area contributed by atoms with Crippen LogP contribution in [0.3, 0.4) is 0 Å². The third-order valence-electron chi connectivity index (χ3n) is 3.82. The van der Waals surface area contributed by atoms with Crippen molar-refractivity contribution < 1.29 is 24.2 Å². The number of para-hydroxylation sites is 2. The average Bonchev–Trinajstić information content (AvgIpc) is 2.54. The highest BCUT2D eigenvalue weighted by Gasteiger charge is 2.36. The average molecular weight is 291 g/mol. The number of hydrogen-bond donors (Lipinski definition) is 1. The predicted octanol–water partition coefficient (Wildman–Crippen LogP) is 1.29. The van der Waals surface area contributed by atoms with Crippen LogP contribution in [0.1, 0.15) is 12.8 Å². The van der Waals surface area contributed by atoms with Gasteiger partial charge in [-0.3, -0.25) is 4.79 Å². The van der Waals surface area contributed by atoms with Crippen molar-refractivity contribution >= 4 is 17.6 Å². The van der Waals surface area contributed by atoms with Crippen LogP contribution in [-0.2, 0) is 14.3 Å². The highest BCUT2D eigenvalue weighted by molar-refractivity contribution is 5.98. The molecule has 0 saturated carbocycles. The summed E-state index contributed by atoms with van der Waals surface area (Å²) >= 11 is 0. The van der Waals surface area contributed by atoms with E-state index >= 15 is 0 Å². The number of fused-ring (bicyclic) bond motifs is 1. The van der Waals surface area contributed by atoms with Gasteiger partial charge in [0.05, 0.1) is 24.8 Å². The topological polar surface area (TPSA) is 76.1 Å². The van der Waals surface area contributed by atoms with Gasteiger partial charge in [-0.05, 0) is 25.0 Å². The maximum Gasteiger partial charge on any atom is 0.346 e. The van der Waals surface area contributed by atoms with Crippen LogP contribution >= 0.6 is 0 Å². The van der Waals surface area contributed by atoms with Gasteiger partial charge in [0.15, 0.2) is 0 Å². The van der Waals surface area contributed by atoms with Crippen LogP contribution in [0.4, 0.5) is 5.69 Å². The molecule has 0 aliphatic carbocycles. The van der Waals surface area contributed by atoms with Gasteiger partial charge in [0.2, 0.25) is 12.0 Å². The third-order valence-corrected chi connectivity index (χ3v) is 3.82. The van der Waals surface area contributed by atoms with Crippen molar-refractivity contribution in [2.45, 2.75) is 18.9 Å². The minimum atomic E-state index is -1.07. The molecular formula is C15H17NO5. The fourth-order valence-corrected chi connectivity index (χ4v) is 2.73. The first-order valence-electron chi connectivity index (χ1n) is 7.04. The normalized spacial score (nSPS) is 24.9. The lowest BCUT2D eigenvalue weighted by Crippen LogP contribution is -2.50. The molecule has 6 heteroatoms. The Morgan fingerprint density at radius 2 is 2.10 bits per heavy atom. The Hall–Kier alpha value is -2.08. The van der Waals surface area contributed by atoms with Crippen molar-refractivity contribution in [2.24, 2.45) is 5.92 Å². The number of ether oxygens (including phenoxy) is 2. The van der Waals surface area contributed by atoms with E-state index in [0.29, 0.717) is 24.7 Å². The maximum absolute atomic E-state index is 12.7. The molecule has 1 saturated heterocycles. The second-order valence-electron chi connectivity index (χ2n) is 5.28. The SMILES string of the molecule is O=C(O)C1CN(C(=O)C2CCCOC2)c2ccccc2O1. The van der Waals surface area contributed by atoms with Crippen LogP contribution in [0.15, 0.2) is 24.3 Å². The molecule has 0 bridgehead atoms. The second-order valence-corrected chi connectivity index (χ2v) is 5.28. The summed E-state index contributed by atoms with van der Waals surface area (Å²) in [4.78, 5) is 25.4. The highest BCUT2D eigenvalue weighted by Crippen LogP contribution is 2.34. The van der Waals surface area contributed by atoms with E-state index in [1.54, 1.807) is 24.3 Å². The number of carboxylic acid groups (broad SMARTS) is 1. The van der Waals surface area contributed by atoms with Crippen molar-refractivity contribution in [3.8, 4) is 5.75 Å². The van der Waals surface area contributed by atoms with Gasteiger partial charge in [0, 0.05) is 6.61 Å². The van der Waals surface area contributed by atoms with Crippen LogP contribution in [0.25, 0.3) is 0 Å². The molecule has 2 unspecified atom stereocenters. The third kappa shape index (κ3) is 2.71. The van der Waals surface area contributed by atoms with E-state index in [9.17, 15) is 14.7 Å². The van der Waals surface area contributed by atoms with Gasteiger partial charge in [-0.1, -0.05) is 12.1 Å². The molecular weight excluding hydrogens is 274 g/mol. The van der Waals surface area contributed by atoms with Gasteiger partial charge in [0.1, 0.15) is 5.75 Å². The summed E-state index contributed by atoms with van der Waals surface area (Å²) in [7, 11) is 0. The standard InChI is InChI=1S/C15H17NO5/c17-14(10-4-3-7-20-9-10)16-8-13(15(18)19)21-12-6-2-1-5-11(12)16/h1-2,5-6,10,13H,3-4,7-9H2,(H,18,19). The first-order valence-corrected chi connectivity index (χ1v) is 7.04. The van der Waals surface area contributed by atoms with E-state index in [-0.39, 0.29) is 18.4 Å². The lowest BCUT2D eigenvalue weighted by Gasteiger charge is -2.35. The van der Waals surface area contributed by atoms with E-state index in [1.807, 2.05) is 0 Å². The zero-order chi connectivity index (χ0) is 14.8. The van der Waals surface area contributed by atoms with Gasteiger partial charge in [0.25, 0.3) is 0 Å². The summed E-state index contributed by atoms with van der Waals surface area (Å²) in [6.07, 6.45) is 0.592. The first-order chi connectivity index (χ1) is 10.2. The number of benzene rings is 1. The van der Waals surface area contributed by atoms with Crippen LogP contribution in [-0.4, -0.2) is 42.8 Å². The fraction of sp³-hybridized carbons (Fsp3) is 0.467. The van der Waals surface area contributed by atoms with E-state index in [4.69, 9.17) is 9.47 Å². The molecule has 1 aromatic rings. The van der Waals surface area contributed by atoms with Crippen molar-refractivity contribution in [2.75, 3.05) is 24.7 Å². The highest BCUT2D eigenvalue weighted by atomic mass is 16.5. The maximum atomic E-state index is 12.7. The van der Waals surface area contributed by atoms with Crippen LogP contribution in [0.5, 0.6) is 5.75 Å². The van der Waals surface area contributed by atoms with E-state index in [2.05, 4.69) is 0 Å². The number of hydrogen-bond acceptors (Lipinski definition) is 4. The smallest absolute Gasteiger partial charge is 0.346 e. The number of nitrogens with zero attached hydrogens (tertiary/aromatic N) is 1. The lowest BCUT2D eigenvalue weighted by molar-refractivity contribution is -0.145. The monoisotopic (exact) mass is 291 g/mol. The predicted molar refractivity (Wildman–Crippen MR) is 74.4 cm³/mol. The molecule has 112 valence electrons. The van der Waals surface area contributed by atoms with Gasteiger partial charge in [-0.2, -0.15) is 0 Å². The summed E-state index contributed by atoms with van der Waals surface area (Å²) in [6, 6.07) is 7.02. The Balaban J connectivity index is 1.88. The van der Waals surface area contributed by atoms with Crippen molar-refractivity contribution in [1.82, 2.24) is 0 Å². The summed E-state index contributed by atoms with van der Waals surface area (Å²) in [5.41, 5.74) is 0.630. The zero-order valence-corrected chi connectivity index (χ0v) is 11.5. The van der Waals surface area contributed by atoms with Crippen molar-refractivity contribution in [1.29, 1.82) is 0 Å². The largest absolute Gasteiger partial charge is 0.478 e. The lowest BCUT2D eigenvalue weighted by atomic mass is 9.99. The van der Waals surface area contributed by atoms with Gasteiger partial charge in [-0.15, -0.1) is 0 Å². The number of aliphatic carboxylic acids is 1. The molecule has 1 fully saturated rings. The molecule has 0 aromatic heterocycles. The van der Waals surface area contributed by atoms with Crippen LogP contribution in [0, 0.1) is 5.92 Å². The second kappa shape index (κ2) is 5.73. The number of amides is 1. The Labute approximate surface area is 122 Å². The Morgan fingerprint density at radius 1 is 1.29 bits per heavy atom. The minimum Gasteiger partial charge on any atom is -0.478 e. The zero-order valence-electron chi connectivity index (χ0n) is 11.5. The summed E-state index contributed by atoms with van der Waals surface area (Å²) < 4.78 is 10.8. The summed E-state index contributed by atoms with van der Waals surface area (Å²) in [5, 5.41) is 9.19. The molecule has 2 atom stereocenters. The van der Waals surface area contributed by atoms with E-state index in [0.717, 1.165) is 12.8 Å². The minimum absolute atomic E-state index is 0.0294. The molecule has 21 heavy (non-hydrogen) atoms. The molecule has 2 heterocycles. The Kier molecular flexibility index (Phi) is 3.79. The Bertz CT molecular complexity index is 553. The molecule has 0 spiro atoms. The number of carbonyl (C=O) groups is 2. The fourth-order valence-electron chi connectivity index (χ4n) is 2.73. The van der Waals surface area contributed by atoms with E-state index in [1.165, 1.54) is 4.90 Å². The quantitative estimate of drug-likeness (QED) is 0.888. The molecule has 3 rings (SSSR count). The van der Waals surface area contributed by atoms with Crippen LogP contribution in [0.2, 0.25) is 0 Å². The van der Waals surface area contributed by atoms with Gasteiger partial charge in [-0.25, -0.2) is 4.79 Å². The molecule has 1 aromatic carbocycles. The number of carbonyl (C=O) groups excluding carboxylic acids is 1. The number of rotatable bonds is 2. The molecule has 2 aliphatic rings. The van der Waals surface area contributed by atoms with Crippen LogP contribution < -0.4 is 9.64 Å². The number of carboxylic acids is 1. The van der Waals surface area contributed by atoms with Crippen molar-refractivity contribution in [3.05, 3.63) is 24.3 Å². The first kappa shape index (κ1) is 13.9.